The molecule has 2 aromatic carbocycles. The third kappa shape index (κ3) is 5.88. The summed E-state index contributed by atoms with van der Waals surface area (Å²) in [5.41, 5.74) is 2.71. The van der Waals surface area contributed by atoms with Gasteiger partial charge in [-0.2, -0.15) is 0 Å². The zero-order valence-corrected chi connectivity index (χ0v) is 16.8. The van der Waals surface area contributed by atoms with E-state index in [2.05, 4.69) is 21.2 Å². The Morgan fingerprint density at radius 2 is 1.73 bits per heavy atom. The zero-order chi connectivity index (χ0) is 19.1. The van der Waals surface area contributed by atoms with Crippen LogP contribution >= 0.6 is 15.9 Å². The normalized spacial score (nSPS) is 10.3. The average molecular weight is 419 g/mol. The highest BCUT2D eigenvalue weighted by Crippen LogP contribution is 2.26. The van der Waals surface area contributed by atoms with Gasteiger partial charge in [0.05, 0.1) is 18.0 Å². The molecule has 2 rings (SSSR count). The molecule has 0 atom stereocenters. The number of anilines is 1. The van der Waals surface area contributed by atoms with E-state index in [-0.39, 0.29) is 11.8 Å². The summed E-state index contributed by atoms with van der Waals surface area (Å²) < 4.78 is 6.08. The Morgan fingerprint density at radius 1 is 1.08 bits per heavy atom. The number of aryl methyl sites for hydroxylation is 1. The van der Waals surface area contributed by atoms with E-state index >= 15 is 0 Å². The maximum Gasteiger partial charge on any atom is 0.226 e. The predicted octanol–water partition coefficient (Wildman–Crippen LogP) is 3.66. The molecule has 5 nitrogen and oxygen atoms in total. The minimum absolute atomic E-state index is 0.0472. The molecule has 0 bridgehead atoms. The molecule has 0 radical (unpaired) electrons. The van der Waals surface area contributed by atoms with Crippen LogP contribution in [0.5, 0.6) is 5.75 Å². The monoisotopic (exact) mass is 418 g/mol. The van der Waals surface area contributed by atoms with E-state index in [9.17, 15) is 9.59 Å². The maximum atomic E-state index is 12.1. The first-order valence-electron chi connectivity index (χ1n) is 8.30. The van der Waals surface area contributed by atoms with Crippen molar-refractivity contribution in [1.82, 2.24) is 4.90 Å². The Bertz CT molecular complexity index is 773. The Kier molecular flexibility index (Phi) is 7.21. The maximum absolute atomic E-state index is 12.1. The van der Waals surface area contributed by atoms with E-state index in [0.717, 1.165) is 27.0 Å². The van der Waals surface area contributed by atoms with Crippen molar-refractivity contribution in [3.8, 4) is 5.75 Å². The van der Waals surface area contributed by atoms with Gasteiger partial charge in [-0.3, -0.25) is 9.59 Å². The van der Waals surface area contributed by atoms with Crippen LogP contribution in [0.4, 0.5) is 5.69 Å². The van der Waals surface area contributed by atoms with E-state index in [0.29, 0.717) is 19.3 Å². The minimum atomic E-state index is -0.0472. The standard InChI is InChI=1S/C20H23BrN2O3/c1-23(2)20(25)13-15-4-8-16(9-5-15)22-19(24)11-7-14-6-10-18(26-3)17(21)12-14/h4-6,8-10,12H,7,11,13H2,1-3H3,(H,22,24). The number of halogens is 1. The van der Waals surface area contributed by atoms with Gasteiger partial charge in [0, 0.05) is 26.2 Å². The van der Waals surface area contributed by atoms with Gasteiger partial charge < -0.3 is 15.0 Å². The van der Waals surface area contributed by atoms with Crippen molar-refractivity contribution in [2.75, 3.05) is 26.5 Å². The fourth-order valence-electron chi connectivity index (χ4n) is 2.39. The summed E-state index contributed by atoms with van der Waals surface area (Å²) in [5, 5.41) is 2.88. The van der Waals surface area contributed by atoms with Crippen LogP contribution in [0, 0.1) is 0 Å². The summed E-state index contributed by atoms with van der Waals surface area (Å²) in [5.74, 6) is 0.771. The van der Waals surface area contributed by atoms with Crippen molar-refractivity contribution in [2.45, 2.75) is 19.3 Å². The average Bonchev–Trinajstić information content (AvgIpc) is 2.61. The molecule has 0 unspecified atom stereocenters. The van der Waals surface area contributed by atoms with Gasteiger partial charge in [-0.1, -0.05) is 18.2 Å². The van der Waals surface area contributed by atoms with Gasteiger partial charge in [0.15, 0.2) is 0 Å². The molecule has 0 fully saturated rings. The molecule has 0 spiro atoms. The first-order valence-corrected chi connectivity index (χ1v) is 9.09. The van der Waals surface area contributed by atoms with Gasteiger partial charge in [0.1, 0.15) is 5.75 Å². The van der Waals surface area contributed by atoms with E-state index < -0.39 is 0 Å². The molecule has 138 valence electrons. The second-order valence-corrected chi connectivity index (χ2v) is 7.03. The van der Waals surface area contributed by atoms with Crippen molar-refractivity contribution >= 4 is 33.4 Å². The summed E-state index contributed by atoms with van der Waals surface area (Å²) in [6.07, 6.45) is 1.39. The predicted molar refractivity (Wildman–Crippen MR) is 106 cm³/mol. The number of carbonyl (C=O) groups excluding carboxylic acids is 2. The summed E-state index contributed by atoms with van der Waals surface area (Å²) in [6, 6.07) is 13.1. The molecule has 2 amide bonds. The van der Waals surface area contributed by atoms with Crippen LogP contribution in [-0.4, -0.2) is 37.9 Å². The third-order valence-electron chi connectivity index (χ3n) is 3.95. The number of rotatable bonds is 7. The lowest BCUT2D eigenvalue weighted by Gasteiger charge is -2.11. The van der Waals surface area contributed by atoms with Gasteiger partial charge in [-0.15, -0.1) is 0 Å². The van der Waals surface area contributed by atoms with Crippen LogP contribution in [0.1, 0.15) is 17.5 Å². The molecule has 0 heterocycles. The van der Waals surface area contributed by atoms with Crippen LogP contribution in [-0.2, 0) is 22.4 Å². The molecule has 0 aromatic heterocycles. The Hall–Kier alpha value is -2.34. The first kappa shape index (κ1) is 20.0. The van der Waals surface area contributed by atoms with E-state index in [1.165, 1.54) is 0 Å². The van der Waals surface area contributed by atoms with Crippen molar-refractivity contribution in [3.05, 3.63) is 58.1 Å². The summed E-state index contributed by atoms with van der Waals surface area (Å²) in [7, 11) is 5.09. The minimum Gasteiger partial charge on any atom is -0.496 e. The fourth-order valence-corrected chi connectivity index (χ4v) is 2.97. The van der Waals surface area contributed by atoms with Crippen LogP contribution in [0.2, 0.25) is 0 Å². The lowest BCUT2D eigenvalue weighted by atomic mass is 10.1. The summed E-state index contributed by atoms with van der Waals surface area (Å²) in [6.45, 7) is 0. The van der Waals surface area contributed by atoms with Gasteiger partial charge >= 0.3 is 0 Å². The number of likely N-dealkylation sites (N-methyl/N-ethyl adjacent to an activating group) is 1. The third-order valence-corrected chi connectivity index (χ3v) is 4.57. The molecule has 0 aliphatic carbocycles. The molecule has 26 heavy (non-hydrogen) atoms. The van der Waals surface area contributed by atoms with Gasteiger partial charge in [0.25, 0.3) is 0 Å². The van der Waals surface area contributed by atoms with E-state index in [1.807, 2.05) is 42.5 Å². The molecular weight excluding hydrogens is 396 g/mol. The molecular formula is C20H23BrN2O3. The number of benzene rings is 2. The lowest BCUT2D eigenvalue weighted by molar-refractivity contribution is -0.128. The summed E-state index contributed by atoms with van der Waals surface area (Å²) >= 11 is 3.45. The molecule has 0 saturated carbocycles. The second-order valence-electron chi connectivity index (χ2n) is 6.18. The van der Waals surface area contributed by atoms with E-state index in [1.54, 1.807) is 26.1 Å². The Labute approximate surface area is 162 Å². The highest BCUT2D eigenvalue weighted by Gasteiger charge is 2.08. The van der Waals surface area contributed by atoms with Gasteiger partial charge in [0.2, 0.25) is 11.8 Å². The number of carbonyl (C=O) groups is 2. The molecule has 0 aliphatic heterocycles. The molecule has 0 saturated heterocycles. The van der Waals surface area contributed by atoms with Crippen molar-refractivity contribution < 1.29 is 14.3 Å². The fraction of sp³-hybridized carbons (Fsp3) is 0.300. The number of methoxy groups -OCH3 is 1. The smallest absolute Gasteiger partial charge is 0.226 e. The highest BCUT2D eigenvalue weighted by atomic mass is 79.9. The van der Waals surface area contributed by atoms with Crippen LogP contribution in [0.15, 0.2) is 46.9 Å². The Morgan fingerprint density at radius 3 is 2.31 bits per heavy atom. The van der Waals surface area contributed by atoms with Crippen molar-refractivity contribution in [1.29, 1.82) is 0 Å². The molecule has 2 aromatic rings. The van der Waals surface area contributed by atoms with Crippen LogP contribution < -0.4 is 10.1 Å². The Balaban J connectivity index is 1.85. The number of hydrogen-bond acceptors (Lipinski definition) is 3. The largest absolute Gasteiger partial charge is 0.496 e. The summed E-state index contributed by atoms with van der Waals surface area (Å²) in [4.78, 5) is 25.4. The topological polar surface area (TPSA) is 58.6 Å². The first-order chi connectivity index (χ1) is 12.4. The lowest BCUT2D eigenvalue weighted by Crippen LogP contribution is -2.23. The van der Waals surface area contributed by atoms with Crippen LogP contribution in [0.25, 0.3) is 0 Å². The van der Waals surface area contributed by atoms with Gasteiger partial charge in [-0.05, 0) is 57.7 Å². The molecule has 0 aliphatic rings. The van der Waals surface area contributed by atoms with Gasteiger partial charge in [-0.25, -0.2) is 0 Å². The molecule has 1 N–H and O–H groups in total. The van der Waals surface area contributed by atoms with Crippen molar-refractivity contribution in [3.63, 3.8) is 0 Å². The zero-order valence-electron chi connectivity index (χ0n) is 15.2. The quantitative estimate of drug-likeness (QED) is 0.745. The second kappa shape index (κ2) is 9.38. The SMILES string of the molecule is COc1ccc(CCC(=O)Nc2ccc(CC(=O)N(C)C)cc2)cc1Br. The van der Waals surface area contributed by atoms with Crippen LogP contribution in [0.3, 0.4) is 0 Å². The number of nitrogens with one attached hydrogen (secondary N) is 1. The number of ether oxygens (including phenoxy) is 1. The number of nitrogens with zero attached hydrogens (tertiary/aromatic N) is 1. The van der Waals surface area contributed by atoms with Crippen molar-refractivity contribution in [2.24, 2.45) is 0 Å². The number of hydrogen-bond donors (Lipinski definition) is 1. The highest BCUT2D eigenvalue weighted by molar-refractivity contribution is 9.10. The van der Waals surface area contributed by atoms with E-state index in [4.69, 9.17) is 4.74 Å². The number of amides is 2. The molecule has 6 heteroatoms.